The van der Waals surface area contributed by atoms with E-state index in [-0.39, 0.29) is 23.6 Å². The molecule has 0 bridgehead atoms. The molecule has 3 N–H and O–H groups in total. The second kappa shape index (κ2) is 8.35. The number of fused-ring (bicyclic) bond motifs is 1. The second-order valence-electron chi connectivity index (χ2n) is 6.55. The van der Waals surface area contributed by atoms with Crippen LogP contribution in [-0.2, 0) is 4.79 Å². The lowest BCUT2D eigenvalue weighted by atomic mass is 10.1. The summed E-state index contributed by atoms with van der Waals surface area (Å²) in [5.41, 5.74) is 4.25. The average molecular weight is 375 g/mol. The third-order valence-electron chi connectivity index (χ3n) is 4.28. The molecule has 0 atom stereocenters. The highest BCUT2D eigenvalue weighted by Crippen LogP contribution is 2.21. The normalized spacial score (nSPS) is 11.3. The fourth-order valence-corrected chi connectivity index (χ4v) is 2.79. The summed E-state index contributed by atoms with van der Waals surface area (Å²) in [5.74, 6) is -0.846. The van der Waals surface area contributed by atoms with Crippen molar-refractivity contribution in [3.63, 3.8) is 0 Å². The van der Waals surface area contributed by atoms with Crippen LogP contribution in [-0.4, -0.2) is 22.6 Å². The highest BCUT2D eigenvalue weighted by molar-refractivity contribution is 6.06. The van der Waals surface area contributed by atoms with Gasteiger partial charge in [-0.05, 0) is 48.4 Å². The minimum Gasteiger partial charge on any atom is -0.507 e. The van der Waals surface area contributed by atoms with E-state index >= 15 is 0 Å². The molecule has 6 nitrogen and oxygen atoms in total. The molecule has 0 fully saturated rings. The maximum atomic E-state index is 12.2. The Hall–Kier alpha value is -3.67. The maximum absolute atomic E-state index is 12.2. The van der Waals surface area contributed by atoms with Crippen LogP contribution in [0.25, 0.3) is 10.8 Å². The van der Waals surface area contributed by atoms with Crippen molar-refractivity contribution in [2.45, 2.75) is 20.3 Å². The zero-order valence-corrected chi connectivity index (χ0v) is 15.7. The Bertz CT molecular complexity index is 1070. The largest absolute Gasteiger partial charge is 0.507 e. The van der Waals surface area contributed by atoms with Crippen LogP contribution in [0, 0.1) is 6.92 Å². The van der Waals surface area contributed by atoms with Crippen LogP contribution in [0.3, 0.4) is 0 Å². The van der Waals surface area contributed by atoms with Gasteiger partial charge in [0.15, 0.2) is 0 Å². The molecule has 0 saturated heterocycles. The van der Waals surface area contributed by atoms with Crippen LogP contribution >= 0.6 is 0 Å². The van der Waals surface area contributed by atoms with Crippen LogP contribution in [0.2, 0.25) is 0 Å². The molecule has 0 aromatic heterocycles. The standard InChI is InChI=1S/C22H21N3O3/c1-14-6-5-9-19(21(14)27)22(28)25-24-15(2)12-20(26)23-18-11-10-16-7-3-4-8-17(16)13-18/h3-11,13,27H,12H2,1-2H3,(H,23,26)(H,25,28). The molecule has 0 spiro atoms. The topological polar surface area (TPSA) is 90.8 Å². The molecule has 0 radical (unpaired) electrons. The number of benzene rings is 3. The van der Waals surface area contributed by atoms with Gasteiger partial charge in [-0.3, -0.25) is 9.59 Å². The molecule has 28 heavy (non-hydrogen) atoms. The molecule has 0 aliphatic rings. The number of aromatic hydroxyl groups is 1. The first-order chi connectivity index (χ1) is 13.4. The summed E-state index contributed by atoms with van der Waals surface area (Å²) in [6.45, 7) is 3.36. The Labute approximate surface area is 162 Å². The van der Waals surface area contributed by atoms with Crippen LogP contribution < -0.4 is 10.7 Å². The van der Waals surface area contributed by atoms with Crippen molar-refractivity contribution in [3.8, 4) is 5.75 Å². The summed E-state index contributed by atoms with van der Waals surface area (Å²) in [6.07, 6.45) is 0.0346. The van der Waals surface area contributed by atoms with Crippen molar-refractivity contribution in [1.82, 2.24) is 5.43 Å². The van der Waals surface area contributed by atoms with Crippen LogP contribution in [0.4, 0.5) is 5.69 Å². The first-order valence-corrected chi connectivity index (χ1v) is 8.85. The summed E-state index contributed by atoms with van der Waals surface area (Å²) in [7, 11) is 0. The predicted molar refractivity (Wildman–Crippen MR) is 111 cm³/mol. The number of para-hydroxylation sites is 1. The van der Waals surface area contributed by atoms with E-state index in [4.69, 9.17) is 0 Å². The molecule has 3 aromatic carbocycles. The Kier molecular flexibility index (Phi) is 5.69. The van der Waals surface area contributed by atoms with Crippen molar-refractivity contribution in [2.24, 2.45) is 5.10 Å². The Morgan fingerprint density at radius 1 is 1.00 bits per heavy atom. The molecule has 3 aromatic rings. The van der Waals surface area contributed by atoms with E-state index < -0.39 is 5.91 Å². The van der Waals surface area contributed by atoms with Crippen molar-refractivity contribution in [2.75, 3.05) is 5.32 Å². The van der Waals surface area contributed by atoms with Gasteiger partial charge in [-0.15, -0.1) is 0 Å². The molecule has 6 heteroatoms. The zero-order chi connectivity index (χ0) is 20.1. The number of phenols is 1. The lowest BCUT2D eigenvalue weighted by Gasteiger charge is -2.08. The van der Waals surface area contributed by atoms with Crippen molar-refractivity contribution in [3.05, 3.63) is 71.8 Å². The summed E-state index contributed by atoms with van der Waals surface area (Å²) in [4.78, 5) is 24.4. The fraction of sp³-hybridized carbons (Fsp3) is 0.136. The predicted octanol–water partition coefficient (Wildman–Crippen LogP) is 3.99. The molecule has 2 amide bonds. The number of aryl methyl sites for hydroxylation is 1. The van der Waals surface area contributed by atoms with Gasteiger partial charge in [0.1, 0.15) is 5.75 Å². The first kappa shape index (κ1) is 19.1. The summed E-state index contributed by atoms with van der Waals surface area (Å²) in [6, 6.07) is 18.5. The average Bonchev–Trinajstić information content (AvgIpc) is 2.68. The number of amides is 2. The third kappa shape index (κ3) is 4.54. The Morgan fingerprint density at radius 2 is 1.75 bits per heavy atom. The molecular formula is C22H21N3O3. The van der Waals surface area contributed by atoms with E-state index in [9.17, 15) is 14.7 Å². The number of nitrogens with zero attached hydrogens (tertiary/aromatic N) is 1. The summed E-state index contributed by atoms with van der Waals surface area (Å²) in [5, 5.41) is 18.9. The highest BCUT2D eigenvalue weighted by atomic mass is 16.3. The van der Waals surface area contributed by atoms with E-state index in [1.165, 1.54) is 6.07 Å². The van der Waals surface area contributed by atoms with E-state index in [1.54, 1.807) is 26.0 Å². The molecule has 0 heterocycles. The first-order valence-electron chi connectivity index (χ1n) is 8.85. The molecular weight excluding hydrogens is 354 g/mol. The van der Waals surface area contributed by atoms with E-state index in [1.807, 2.05) is 42.5 Å². The highest BCUT2D eigenvalue weighted by Gasteiger charge is 2.12. The quantitative estimate of drug-likeness (QED) is 0.465. The van der Waals surface area contributed by atoms with Gasteiger partial charge >= 0.3 is 0 Å². The zero-order valence-electron chi connectivity index (χ0n) is 15.7. The Balaban J connectivity index is 1.59. The van der Waals surface area contributed by atoms with Gasteiger partial charge in [-0.25, -0.2) is 5.43 Å². The minimum absolute atomic E-state index is 0.0346. The van der Waals surface area contributed by atoms with Gasteiger partial charge < -0.3 is 10.4 Å². The van der Waals surface area contributed by atoms with Crippen LogP contribution in [0.5, 0.6) is 5.75 Å². The van der Waals surface area contributed by atoms with Gasteiger partial charge in [0.25, 0.3) is 5.91 Å². The SMILES string of the molecule is CC(CC(=O)Nc1ccc2ccccc2c1)=NNC(=O)c1cccc(C)c1O. The van der Waals surface area contributed by atoms with Crippen molar-refractivity contribution >= 4 is 34.0 Å². The second-order valence-corrected chi connectivity index (χ2v) is 6.55. The number of rotatable bonds is 5. The van der Waals surface area contributed by atoms with Crippen LogP contribution in [0.1, 0.15) is 29.3 Å². The summed E-state index contributed by atoms with van der Waals surface area (Å²) < 4.78 is 0. The number of nitrogens with one attached hydrogen (secondary N) is 2. The smallest absolute Gasteiger partial charge is 0.275 e. The number of carbonyl (C=O) groups excluding carboxylic acids is 2. The lowest BCUT2D eigenvalue weighted by Crippen LogP contribution is -2.21. The maximum Gasteiger partial charge on any atom is 0.275 e. The number of hydrogen-bond donors (Lipinski definition) is 3. The van der Waals surface area contributed by atoms with Gasteiger partial charge in [-0.2, -0.15) is 5.10 Å². The molecule has 0 aliphatic heterocycles. The molecule has 0 aliphatic carbocycles. The minimum atomic E-state index is -0.532. The number of hydrogen-bond acceptors (Lipinski definition) is 4. The number of hydrazone groups is 1. The van der Waals surface area contributed by atoms with Crippen LogP contribution in [0.15, 0.2) is 65.8 Å². The molecule has 142 valence electrons. The van der Waals surface area contributed by atoms with Crippen molar-refractivity contribution < 1.29 is 14.7 Å². The van der Waals surface area contributed by atoms with Gasteiger partial charge in [0.2, 0.25) is 5.91 Å². The molecule has 3 rings (SSSR count). The van der Waals surface area contributed by atoms with Crippen molar-refractivity contribution in [1.29, 1.82) is 0 Å². The number of carbonyl (C=O) groups is 2. The monoisotopic (exact) mass is 375 g/mol. The molecule has 0 unspecified atom stereocenters. The van der Waals surface area contributed by atoms with Gasteiger partial charge in [0, 0.05) is 11.4 Å². The third-order valence-corrected chi connectivity index (χ3v) is 4.28. The van der Waals surface area contributed by atoms with Gasteiger partial charge in [0.05, 0.1) is 12.0 Å². The van der Waals surface area contributed by atoms with E-state index in [0.717, 1.165) is 10.8 Å². The molecule has 0 saturated carbocycles. The fourth-order valence-electron chi connectivity index (χ4n) is 2.79. The number of phenolic OH excluding ortho intramolecular Hbond substituents is 1. The van der Waals surface area contributed by atoms with Gasteiger partial charge in [-0.1, -0.05) is 42.5 Å². The van der Waals surface area contributed by atoms with E-state index in [2.05, 4.69) is 15.8 Å². The lowest BCUT2D eigenvalue weighted by molar-refractivity contribution is -0.115. The Morgan fingerprint density at radius 3 is 2.54 bits per heavy atom. The van der Waals surface area contributed by atoms with E-state index in [0.29, 0.717) is 17.0 Å². The summed E-state index contributed by atoms with van der Waals surface area (Å²) >= 11 is 0. The number of anilines is 1.